The summed E-state index contributed by atoms with van der Waals surface area (Å²) in [5.74, 6) is -0.126. The molecule has 0 saturated carbocycles. The molecular weight excluding hydrogens is 496 g/mol. The first kappa shape index (κ1) is 27.7. The van der Waals surface area contributed by atoms with E-state index in [1.807, 2.05) is 25.7 Å². The Labute approximate surface area is 224 Å². The van der Waals surface area contributed by atoms with E-state index in [-0.39, 0.29) is 29.9 Å². The second-order valence-electron chi connectivity index (χ2n) is 11.4. The third kappa shape index (κ3) is 6.58. The van der Waals surface area contributed by atoms with E-state index in [1.54, 1.807) is 6.07 Å². The van der Waals surface area contributed by atoms with Gasteiger partial charge >= 0.3 is 18.0 Å². The first-order valence-corrected chi connectivity index (χ1v) is 13.8. The second kappa shape index (κ2) is 11.6. The molecule has 3 heterocycles. The first-order chi connectivity index (χ1) is 17.6. The Balaban J connectivity index is 1.45. The van der Waals surface area contributed by atoms with Crippen LogP contribution in [0, 0.1) is 11.8 Å². The highest BCUT2D eigenvalue weighted by Crippen LogP contribution is 2.43. The van der Waals surface area contributed by atoms with Crippen LogP contribution in [0.4, 0.5) is 4.79 Å². The van der Waals surface area contributed by atoms with Crippen molar-refractivity contribution in [1.29, 1.82) is 0 Å². The lowest BCUT2D eigenvalue weighted by molar-refractivity contribution is -0.134. The van der Waals surface area contributed by atoms with Crippen LogP contribution in [-0.2, 0) is 14.3 Å². The molecule has 3 fully saturated rings. The molecule has 1 aromatic carbocycles. The molecule has 0 bridgehead atoms. The number of methoxy groups -OCH3 is 1. The van der Waals surface area contributed by atoms with Crippen molar-refractivity contribution >= 4 is 29.6 Å². The molecular formula is C28H39ClN2O6. The van der Waals surface area contributed by atoms with Crippen LogP contribution in [0.15, 0.2) is 18.2 Å². The number of benzene rings is 1. The molecule has 3 aliphatic heterocycles. The molecule has 204 valence electrons. The maximum Gasteiger partial charge on any atom is 0.410 e. The number of carbonyl (C=O) groups excluding carboxylic acids is 3. The van der Waals surface area contributed by atoms with Crippen molar-refractivity contribution in [3.8, 4) is 5.75 Å². The molecule has 1 amide bonds. The van der Waals surface area contributed by atoms with Gasteiger partial charge in [0.15, 0.2) is 0 Å². The number of likely N-dealkylation sites (tertiary alicyclic amines) is 1. The maximum absolute atomic E-state index is 13.3. The van der Waals surface area contributed by atoms with Gasteiger partial charge in [0.2, 0.25) is 0 Å². The molecule has 1 aromatic rings. The van der Waals surface area contributed by atoms with Crippen molar-refractivity contribution in [2.24, 2.45) is 11.8 Å². The Morgan fingerprint density at radius 1 is 1.11 bits per heavy atom. The zero-order valence-electron chi connectivity index (χ0n) is 22.3. The Kier molecular flexibility index (Phi) is 8.69. The number of hydrogen-bond donors (Lipinski definition) is 0. The second-order valence-corrected chi connectivity index (χ2v) is 11.9. The fourth-order valence-corrected chi connectivity index (χ4v) is 6.55. The Morgan fingerprint density at radius 2 is 1.84 bits per heavy atom. The summed E-state index contributed by atoms with van der Waals surface area (Å²) >= 11 is 6.05. The number of amides is 1. The zero-order valence-corrected chi connectivity index (χ0v) is 23.1. The number of piperidine rings is 3. The van der Waals surface area contributed by atoms with Crippen LogP contribution >= 0.6 is 11.6 Å². The predicted molar refractivity (Wildman–Crippen MR) is 140 cm³/mol. The lowest BCUT2D eigenvalue weighted by atomic mass is 9.69. The largest absolute Gasteiger partial charge is 0.465 e. The first-order valence-electron chi connectivity index (χ1n) is 13.4. The maximum atomic E-state index is 13.3. The number of ether oxygens (including phenoxy) is 3. The standard InChI is InChI=1S/C28H39ClN2O6/c1-28(2,3)37-27(34)31-17-18-8-6-14-30-15-7-9-20(25(18)30)22(31)10-5-11-24(32)36-23-16-19(29)12-13-21(23)26(33)35-4/h12-13,16,18,20,22,25H,5-11,14-15,17H2,1-4H3. The molecule has 4 atom stereocenters. The Morgan fingerprint density at radius 3 is 2.54 bits per heavy atom. The van der Waals surface area contributed by atoms with Gasteiger partial charge in [-0.15, -0.1) is 0 Å². The summed E-state index contributed by atoms with van der Waals surface area (Å²) in [4.78, 5) is 42.7. The highest BCUT2D eigenvalue weighted by Gasteiger charge is 2.50. The molecule has 0 radical (unpaired) electrons. The highest BCUT2D eigenvalue weighted by molar-refractivity contribution is 6.30. The predicted octanol–water partition coefficient (Wildman–Crippen LogP) is 5.31. The van der Waals surface area contributed by atoms with E-state index < -0.39 is 17.5 Å². The van der Waals surface area contributed by atoms with E-state index in [4.69, 9.17) is 25.8 Å². The van der Waals surface area contributed by atoms with Crippen molar-refractivity contribution in [3.05, 3.63) is 28.8 Å². The molecule has 0 aliphatic carbocycles. The third-order valence-corrected chi connectivity index (χ3v) is 7.99. The van der Waals surface area contributed by atoms with Crippen molar-refractivity contribution in [3.63, 3.8) is 0 Å². The van der Waals surface area contributed by atoms with Crippen LogP contribution in [0.1, 0.15) is 76.1 Å². The van der Waals surface area contributed by atoms with Crippen LogP contribution in [0.25, 0.3) is 0 Å². The van der Waals surface area contributed by atoms with Crippen LogP contribution in [0.5, 0.6) is 5.75 Å². The molecule has 0 aromatic heterocycles. The number of hydrogen-bond acceptors (Lipinski definition) is 7. The lowest BCUT2D eigenvalue weighted by Crippen LogP contribution is -2.65. The van der Waals surface area contributed by atoms with Gasteiger partial charge in [-0.3, -0.25) is 9.69 Å². The van der Waals surface area contributed by atoms with Gasteiger partial charge in [-0.2, -0.15) is 0 Å². The van der Waals surface area contributed by atoms with Gasteiger partial charge < -0.3 is 19.1 Å². The SMILES string of the molecule is COC(=O)c1ccc(Cl)cc1OC(=O)CCCC1C2CCCN3CCCC(CN1C(=O)OC(C)(C)C)C23. The van der Waals surface area contributed by atoms with Gasteiger partial charge in [-0.05, 0) is 96.4 Å². The van der Waals surface area contributed by atoms with E-state index in [9.17, 15) is 14.4 Å². The monoisotopic (exact) mass is 534 g/mol. The average molecular weight is 535 g/mol. The zero-order chi connectivity index (χ0) is 26.7. The summed E-state index contributed by atoms with van der Waals surface area (Å²) in [5.41, 5.74) is -0.420. The van der Waals surface area contributed by atoms with Gasteiger partial charge in [0, 0.05) is 36.1 Å². The molecule has 8 nitrogen and oxygen atoms in total. The molecule has 0 spiro atoms. The molecule has 3 saturated heterocycles. The molecule has 9 heteroatoms. The summed E-state index contributed by atoms with van der Waals surface area (Å²) in [7, 11) is 1.27. The third-order valence-electron chi connectivity index (χ3n) is 7.75. The van der Waals surface area contributed by atoms with E-state index in [1.165, 1.54) is 25.7 Å². The number of halogens is 1. The van der Waals surface area contributed by atoms with Crippen molar-refractivity contribution in [2.75, 3.05) is 26.7 Å². The summed E-state index contributed by atoms with van der Waals surface area (Å²) < 4.78 is 16.1. The number of rotatable bonds is 6. The van der Waals surface area contributed by atoms with Gasteiger partial charge in [-0.1, -0.05) is 11.6 Å². The van der Waals surface area contributed by atoms with E-state index in [0.29, 0.717) is 42.3 Å². The van der Waals surface area contributed by atoms with Crippen molar-refractivity contribution < 1.29 is 28.6 Å². The molecule has 4 unspecified atom stereocenters. The minimum absolute atomic E-state index is 0.0154. The molecule has 4 rings (SSSR count). The summed E-state index contributed by atoms with van der Waals surface area (Å²) in [5, 5.41) is 0.356. The summed E-state index contributed by atoms with van der Waals surface area (Å²) in [6.07, 6.45) is 5.66. The normalized spacial score (nSPS) is 25.7. The van der Waals surface area contributed by atoms with E-state index >= 15 is 0 Å². The van der Waals surface area contributed by atoms with Crippen molar-refractivity contribution in [2.45, 2.75) is 83.4 Å². The minimum atomic E-state index is -0.599. The van der Waals surface area contributed by atoms with Gasteiger partial charge in [0.1, 0.15) is 16.9 Å². The smallest absolute Gasteiger partial charge is 0.410 e. The molecule has 3 aliphatic rings. The van der Waals surface area contributed by atoms with Gasteiger partial charge in [0.05, 0.1) is 7.11 Å². The fraction of sp³-hybridized carbons (Fsp3) is 0.679. The van der Waals surface area contributed by atoms with Gasteiger partial charge in [0.25, 0.3) is 0 Å². The van der Waals surface area contributed by atoms with Crippen LogP contribution in [0.3, 0.4) is 0 Å². The summed E-state index contributed by atoms with van der Waals surface area (Å²) in [6, 6.07) is 4.98. The van der Waals surface area contributed by atoms with E-state index in [0.717, 1.165) is 32.4 Å². The minimum Gasteiger partial charge on any atom is -0.465 e. The summed E-state index contributed by atoms with van der Waals surface area (Å²) in [6.45, 7) is 8.64. The Hall–Kier alpha value is -2.32. The van der Waals surface area contributed by atoms with Crippen LogP contribution < -0.4 is 4.74 Å². The number of nitrogens with zero attached hydrogens (tertiary/aromatic N) is 2. The quantitative estimate of drug-likeness (QED) is 0.361. The topological polar surface area (TPSA) is 85.4 Å². The fourth-order valence-electron chi connectivity index (χ4n) is 6.38. The van der Waals surface area contributed by atoms with E-state index in [2.05, 4.69) is 4.90 Å². The Bertz CT molecular complexity index is 1010. The molecule has 37 heavy (non-hydrogen) atoms. The number of esters is 2. The van der Waals surface area contributed by atoms with Crippen LogP contribution in [-0.4, -0.2) is 72.3 Å². The number of carbonyl (C=O) groups is 3. The lowest BCUT2D eigenvalue weighted by Gasteiger charge is -2.57. The van der Waals surface area contributed by atoms with Crippen molar-refractivity contribution in [1.82, 2.24) is 9.80 Å². The van der Waals surface area contributed by atoms with Crippen LogP contribution in [0.2, 0.25) is 5.02 Å². The average Bonchev–Trinajstić information content (AvgIpc) is 2.84. The highest BCUT2D eigenvalue weighted by atomic mass is 35.5. The van der Waals surface area contributed by atoms with Gasteiger partial charge in [-0.25, -0.2) is 9.59 Å². The molecule has 0 N–H and O–H groups in total.